The standard InChI is InChI=1S/C18H28ClNO/c1-4-11-20-13-15(14-5-7-16(19)8-6-14)12-17-9-10-18(2,3)21-17/h5-8,15,17,20H,4,9-13H2,1-3H3. The highest BCUT2D eigenvalue weighted by atomic mass is 35.5. The maximum atomic E-state index is 6.18. The predicted molar refractivity (Wildman–Crippen MR) is 90.2 cm³/mol. The van der Waals surface area contributed by atoms with Crippen molar-refractivity contribution in [2.45, 2.75) is 64.1 Å². The Bertz CT molecular complexity index is 429. The molecule has 0 amide bonds. The minimum absolute atomic E-state index is 0.0477. The number of ether oxygens (including phenoxy) is 1. The van der Waals surface area contributed by atoms with Crippen LogP contribution in [0.3, 0.4) is 0 Å². The second-order valence-electron chi connectivity index (χ2n) is 6.73. The molecule has 3 heteroatoms. The second kappa shape index (κ2) is 7.62. The van der Waals surface area contributed by atoms with Crippen LogP contribution in [-0.2, 0) is 4.74 Å². The van der Waals surface area contributed by atoms with E-state index in [-0.39, 0.29) is 5.60 Å². The van der Waals surface area contributed by atoms with Crippen LogP contribution in [-0.4, -0.2) is 24.8 Å². The molecular weight excluding hydrogens is 282 g/mol. The first kappa shape index (κ1) is 16.8. The molecule has 2 atom stereocenters. The van der Waals surface area contributed by atoms with E-state index in [1.807, 2.05) is 12.1 Å². The molecule has 118 valence electrons. The lowest BCUT2D eigenvalue weighted by molar-refractivity contribution is -0.0209. The van der Waals surface area contributed by atoms with E-state index >= 15 is 0 Å². The van der Waals surface area contributed by atoms with Crippen LogP contribution in [0.5, 0.6) is 0 Å². The van der Waals surface area contributed by atoms with Gasteiger partial charge in [-0.2, -0.15) is 0 Å². The van der Waals surface area contributed by atoms with Crippen molar-refractivity contribution in [3.63, 3.8) is 0 Å². The number of hydrogen-bond donors (Lipinski definition) is 1. The molecule has 0 aliphatic carbocycles. The Labute approximate surface area is 134 Å². The molecule has 2 rings (SSSR count). The van der Waals surface area contributed by atoms with Crippen LogP contribution >= 0.6 is 11.6 Å². The van der Waals surface area contributed by atoms with Gasteiger partial charge in [-0.3, -0.25) is 0 Å². The van der Waals surface area contributed by atoms with Crippen molar-refractivity contribution in [1.29, 1.82) is 0 Å². The van der Waals surface area contributed by atoms with E-state index in [0.717, 1.165) is 31.0 Å². The lowest BCUT2D eigenvalue weighted by Gasteiger charge is -2.24. The monoisotopic (exact) mass is 309 g/mol. The molecule has 1 aliphatic rings. The number of hydrogen-bond acceptors (Lipinski definition) is 2. The van der Waals surface area contributed by atoms with Gasteiger partial charge in [-0.1, -0.05) is 30.7 Å². The molecule has 0 spiro atoms. The van der Waals surface area contributed by atoms with E-state index in [0.29, 0.717) is 12.0 Å². The number of nitrogens with one attached hydrogen (secondary N) is 1. The zero-order valence-electron chi connectivity index (χ0n) is 13.5. The molecule has 1 aromatic carbocycles. The van der Waals surface area contributed by atoms with E-state index in [1.54, 1.807) is 0 Å². The zero-order valence-corrected chi connectivity index (χ0v) is 14.2. The third-order valence-electron chi connectivity index (χ3n) is 4.26. The molecule has 0 aromatic heterocycles. The van der Waals surface area contributed by atoms with Gasteiger partial charge in [0.1, 0.15) is 0 Å². The van der Waals surface area contributed by atoms with E-state index < -0.39 is 0 Å². The molecule has 1 saturated heterocycles. The Morgan fingerprint density at radius 2 is 2.05 bits per heavy atom. The normalized spacial score (nSPS) is 22.4. The summed E-state index contributed by atoms with van der Waals surface area (Å²) in [5, 5.41) is 4.36. The van der Waals surface area contributed by atoms with Crippen LogP contribution in [0.4, 0.5) is 0 Å². The lowest BCUT2D eigenvalue weighted by Crippen LogP contribution is -2.26. The van der Waals surface area contributed by atoms with Gasteiger partial charge in [-0.15, -0.1) is 0 Å². The van der Waals surface area contributed by atoms with E-state index in [4.69, 9.17) is 16.3 Å². The smallest absolute Gasteiger partial charge is 0.0631 e. The van der Waals surface area contributed by atoms with Crippen molar-refractivity contribution < 1.29 is 4.74 Å². The highest BCUT2D eigenvalue weighted by Crippen LogP contribution is 2.35. The molecule has 1 N–H and O–H groups in total. The fourth-order valence-corrected chi connectivity index (χ4v) is 3.21. The van der Waals surface area contributed by atoms with Crippen LogP contribution in [0.25, 0.3) is 0 Å². The van der Waals surface area contributed by atoms with Gasteiger partial charge in [0.15, 0.2) is 0 Å². The summed E-state index contributed by atoms with van der Waals surface area (Å²) >= 11 is 6.01. The van der Waals surface area contributed by atoms with Crippen LogP contribution < -0.4 is 5.32 Å². The number of benzene rings is 1. The maximum Gasteiger partial charge on any atom is 0.0631 e. The van der Waals surface area contributed by atoms with Gasteiger partial charge in [0, 0.05) is 11.6 Å². The first-order valence-electron chi connectivity index (χ1n) is 8.14. The Hall–Kier alpha value is -0.570. The molecule has 1 aromatic rings. The van der Waals surface area contributed by atoms with Gasteiger partial charge in [0.25, 0.3) is 0 Å². The Balaban J connectivity index is 2.00. The minimum Gasteiger partial charge on any atom is -0.372 e. The Morgan fingerprint density at radius 1 is 1.33 bits per heavy atom. The highest BCUT2D eigenvalue weighted by Gasteiger charge is 2.33. The summed E-state index contributed by atoms with van der Waals surface area (Å²) in [6, 6.07) is 8.29. The maximum absolute atomic E-state index is 6.18. The quantitative estimate of drug-likeness (QED) is 0.732. The van der Waals surface area contributed by atoms with Crippen molar-refractivity contribution in [2.24, 2.45) is 0 Å². The molecule has 21 heavy (non-hydrogen) atoms. The Morgan fingerprint density at radius 3 is 2.62 bits per heavy atom. The average molecular weight is 310 g/mol. The summed E-state index contributed by atoms with van der Waals surface area (Å²) in [4.78, 5) is 0. The summed E-state index contributed by atoms with van der Waals surface area (Å²) < 4.78 is 6.18. The molecule has 1 fully saturated rings. The zero-order chi connectivity index (χ0) is 15.3. The van der Waals surface area contributed by atoms with Gasteiger partial charge in [0.2, 0.25) is 0 Å². The van der Waals surface area contributed by atoms with Crippen molar-refractivity contribution in [3.8, 4) is 0 Å². The van der Waals surface area contributed by atoms with Gasteiger partial charge in [0.05, 0.1) is 11.7 Å². The first-order valence-corrected chi connectivity index (χ1v) is 8.52. The SMILES string of the molecule is CCCNCC(CC1CCC(C)(C)O1)c1ccc(Cl)cc1. The number of halogens is 1. The van der Waals surface area contributed by atoms with Crippen molar-refractivity contribution in [1.82, 2.24) is 5.32 Å². The van der Waals surface area contributed by atoms with Crippen LogP contribution in [0.1, 0.15) is 57.9 Å². The molecule has 2 nitrogen and oxygen atoms in total. The first-order chi connectivity index (χ1) is 10.00. The molecule has 1 heterocycles. The van der Waals surface area contributed by atoms with Gasteiger partial charge >= 0.3 is 0 Å². The third kappa shape index (κ3) is 5.28. The molecular formula is C18H28ClNO. The van der Waals surface area contributed by atoms with Gasteiger partial charge in [-0.25, -0.2) is 0 Å². The predicted octanol–water partition coefficient (Wildman–Crippen LogP) is 4.77. The molecule has 0 saturated carbocycles. The highest BCUT2D eigenvalue weighted by molar-refractivity contribution is 6.30. The van der Waals surface area contributed by atoms with Crippen molar-refractivity contribution in [2.75, 3.05) is 13.1 Å². The minimum atomic E-state index is 0.0477. The summed E-state index contributed by atoms with van der Waals surface area (Å²) in [5.74, 6) is 0.493. The largest absolute Gasteiger partial charge is 0.372 e. The van der Waals surface area contributed by atoms with Crippen molar-refractivity contribution >= 4 is 11.6 Å². The molecule has 2 unspecified atom stereocenters. The Kier molecular flexibility index (Phi) is 6.09. The summed E-state index contributed by atoms with van der Waals surface area (Å²) in [5.41, 5.74) is 1.41. The third-order valence-corrected chi connectivity index (χ3v) is 4.51. The molecule has 0 bridgehead atoms. The molecule has 0 radical (unpaired) electrons. The van der Waals surface area contributed by atoms with Crippen LogP contribution in [0, 0.1) is 0 Å². The fraction of sp³-hybridized carbons (Fsp3) is 0.667. The van der Waals surface area contributed by atoms with E-state index in [2.05, 4.69) is 38.2 Å². The fourth-order valence-electron chi connectivity index (χ4n) is 3.09. The van der Waals surface area contributed by atoms with E-state index in [1.165, 1.54) is 18.4 Å². The van der Waals surface area contributed by atoms with Crippen molar-refractivity contribution in [3.05, 3.63) is 34.9 Å². The summed E-state index contributed by atoms with van der Waals surface area (Å²) in [6.07, 6.45) is 4.96. The molecule has 1 aliphatic heterocycles. The summed E-state index contributed by atoms with van der Waals surface area (Å²) in [6.45, 7) is 8.67. The van der Waals surface area contributed by atoms with Gasteiger partial charge in [-0.05, 0) is 69.7 Å². The second-order valence-corrected chi connectivity index (χ2v) is 7.16. The van der Waals surface area contributed by atoms with Crippen LogP contribution in [0.2, 0.25) is 5.02 Å². The average Bonchev–Trinajstić information content (AvgIpc) is 2.78. The van der Waals surface area contributed by atoms with Crippen LogP contribution in [0.15, 0.2) is 24.3 Å². The lowest BCUT2D eigenvalue weighted by atomic mass is 9.91. The number of rotatable bonds is 7. The topological polar surface area (TPSA) is 21.3 Å². The van der Waals surface area contributed by atoms with E-state index in [9.17, 15) is 0 Å². The summed E-state index contributed by atoms with van der Waals surface area (Å²) in [7, 11) is 0. The van der Waals surface area contributed by atoms with Gasteiger partial charge < -0.3 is 10.1 Å².